The van der Waals surface area contributed by atoms with Crippen molar-refractivity contribution in [2.24, 2.45) is 0 Å². The number of nitro groups is 1. The van der Waals surface area contributed by atoms with Gasteiger partial charge in [-0.1, -0.05) is 42.5 Å². The van der Waals surface area contributed by atoms with Gasteiger partial charge in [0.05, 0.1) is 23.6 Å². The fraction of sp³-hybridized carbons (Fsp3) is 0.190. The number of rotatable bonds is 7. The third kappa shape index (κ3) is 3.88. The Morgan fingerprint density at radius 2 is 1.94 bits per heavy atom. The Morgan fingerprint density at radius 3 is 2.65 bits per heavy atom. The van der Waals surface area contributed by atoms with Gasteiger partial charge in [0, 0.05) is 18.7 Å². The molecule has 0 aliphatic carbocycles. The molecule has 1 unspecified atom stereocenters. The average molecular weight is 421 g/mol. The number of amides is 2. The Balaban J connectivity index is 1.62. The molecule has 158 valence electrons. The van der Waals surface area contributed by atoms with Gasteiger partial charge in [-0.2, -0.15) is 5.10 Å². The van der Waals surface area contributed by atoms with E-state index >= 15 is 0 Å². The number of carbonyl (C=O) groups is 2. The van der Waals surface area contributed by atoms with Crippen molar-refractivity contribution in [3.8, 4) is 11.1 Å². The molecule has 2 N–H and O–H groups in total. The molecular formula is C21H19N5O5. The molecule has 31 heavy (non-hydrogen) atoms. The summed E-state index contributed by atoms with van der Waals surface area (Å²) in [6.45, 7) is 0.231. The molecule has 1 aliphatic heterocycles. The van der Waals surface area contributed by atoms with Gasteiger partial charge in [-0.25, -0.2) is 4.68 Å². The molecule has 0 spiro atoms. The quantitative estimate of drug-likeness (QED) is 0.445. The number of methoxy groups -OCH3 is 1. The van der Waals surface area contributed by atoms with Crippen LogP contribution in [0.3, 0.4) is 0 Å². The maximum absolute atomic E-state index is 12.6. The Kier molecular flexibility index (Phi) is 5.46. The Bertz CT molecular complexity index is 1160. The minimum atomic E-state index is -0.883. The van der Waals surface area contributed by atoms with E-state index in [1.807, 2.05) is 30.3 Å². The summed E-state index contributed by atoms with van der Waals surface area (Å²) in [5.74, 6) is -0.416. The van der Waals surface area contributed by atoms with Crippen molar-refractivity contribution in [3.63, 3.8) is 0 Å². The molecule has 1 aliphatic rings. The van der Waals surface area contributed by atoms with Crippen LogP contribution in [0.25, 0.3) is 11.1 Å². The minimum absolute atomic E-state index is 0.0710. The highest BCUT2D eigenvalue weighted by atomic mass is 16.6. The third-order valence-electron chi connectivity index (χ3n) is 4.92. The van der Waals surface area contributed by atoms with Gasteiger partial charge in [0.15, 0.2) is 0 Å². The van der Waals surface area contributed by atoms with Crippen molar-refractivity contribution in [2.75, 3.05) is 17.7 Å². The van der Waals surface area contributed by atoms with Gasteiger partial charge in [-0.15, -0.1) is 0 Å². The van der Waals surface area contributed by atoms with Crippen molar-refractivity contribution in [1.29, 1.82) is 0 Å². The molecule has 2 amide bonds. The molecule has 1 atom stereocenters. The van der Waals surface area contributed by atoms with E-state index in [2.05, 4.69) is 15.7 Å². The second kappa shape index (κ2) is 8.36. The highest BCUT2D eigenvalue weighted by Gasteiger charge is 2.37. The maximum atomic E-state index is 12.6. The van der Waals surface area contributed by atoms with Crippen LogP contribution in [-0.4, -0.2) is 33.6 Å². The number of carbonyl (C=O) groups excluding carboxylic acids is 2. The zero-order chi connectivity index (χ0) is 22.0. The highest BCUT2D eigenvalue weighted by molar-refractivity contribution is 6.04. The van der Waals surface area contributed by atoms with Crippen molar-refractivity contribution < 1.29 is 19.2 Å². The van der Waals surface area contributed by atoms with E-state index in [0.29, 0.717) is 11.5 Å². The summed E-state index contributed by atoms with van der Waals surface area (Å²) in [6.07, 6.45) is -0.229. The zero-order valence-corrected chi connectivity index (χ0v) is 16.6. The second-order valence-corrected chi connectivity index (χ2v) is 6.95. The van der Waals surface area contributed by atoms with Gasteiger partial charge < -0.3 is 15.4 Å². The topological polar surface area (TPSA) is 128 Å². The van der Waals surface area contributed by atoms with E-state index < -0.39 is 16.9 Å². The molecule has 0 saturated carbocycles. The lowest BCUT2D eigenvalue weighted by Gasteiger charge is -2.10. The number of aromatic nitrogens is 2. The first-order chi connectivity index (χ1) is 15.0. The number of fused-ring (bicyclic) bond motifs is 1. The van der Waals surface area contributed by atoms with E-state index in [0.717, 1.165) is 11.1 Å². The summed E-state index contributed by atoms with van der Waals surface area (Å²) in [4.78, 5) is 35.8. The van der Waals surface area contributed by atoms with Crippen LogP contribution < -0.4 is 10.6 Å². The third-order valence-corrected chi connectivity index (χ3v) is 4.92. The number of hydrogen-bond acceptors (Lipinski definition) is 6. The summed E-state index contributed by atoms with van der Waals surface area (Å²) in [5.41, 5.74) is 2.08. The predicted octanol–water partition coefficient (Wildman–Crippen LogP) is 3.13. The van der Waals surface area contributed by atoms with Gasteiger partial charge >= 0.3 is 0 Å². The summed E-state index contributed by atoms with van der Waals surface area (Å²) in [7, 11) is 1.55. The molecule has 0 bridgehead atoms. The van der Waals surface area contributed by atoms with Crippen LogP contribution in [0.5, 0.6) is 0 Å². The van der Waals surface area contributed by atoms with Crippen LogP contribution >= 0.6 is 0 Å². The first-order valence-electron chi connectivity index (χ1n) is 9.49. The molecule has 0 saturated heterocycles. The molecule has 0 radical (unpaired) electrons. The minimum Gasteiger partial charge on any atom is -0.378 e. The Labute approximate surface area is 177 Å². The van der Waals surface area contributed by atoms with E-state index in [1.54, 1.807) is 13.2 Å². The van der Waals surface area contributed by atoms with E-state index in [4.69, 9.17) is 4.74 Å². The largest absolute Gasteiger partial charge is 0.378 e. The number of anilines is 2. The van der Waals surface area contributed by atoms with Crippen LogP contribution in [0.4, 0.5) is 17.2 Å². The molecule has 3 aromatic rings. The van der Waals surface area contributed by atoms with Crippen LogP contribution in [0, 0.1) is 10.1 Å². The maximum Gasteiger partial charge on any atom is 0.292 e. The monoisotopic (exact) mass is 421 g/mol. The number of para-hydroxylation sites is 2. The van der Waals surface area contributed by atoms with Gasteiger partial charge in [0.1, 0.15) is 17.5 Å². The molecule has 1 aromatic heterocycles. The smallest absolute Gasteiger partial charge is 0.292 e. The SMILES string of the molecule is COCc1nn2c(c1-c1ccccc1)NC(=O)C2CC(=O)Nc1ccccc1[N+](=O)[O-]. The molecular weight excluding hydrogens is 402 g/mol. The van der Waals surface area contributed by atoms with Gasteiger partial charge in [0.2, 0.25) is 5.91 Å². The first-order valence-corrected chi connectivity index (χ1v) is 9.49. The number of ether oxygens (including phenoxy) is 1. The molecule has 2 aromatic carbocycles. The fourth-order valence-electron chi connectivity index (χ4n) is 3.58. The van der Waals surface area contributed by atoms with Crippen LogP contribution in [0.2, 0.25) is 0 Å². The summed E-state index contributed by atoms with van der Waals surface area (Å²) >= 11 is 0. The normalized spacial score (nSPS) is 14.7. The molecule has 4 rings (SSSR count). The lowest BCUT2D eigenvalue weighted by Crippen LogP contribution is -2.24. The molecule has 2 heterocycles. The standard InChI is InChI=1S/C21H19N5O5/c1-31-12-15-19(13-7-3-2-4-8-13)20-23-21(28)17(25(20)24-15)11-18(27)22-14-9-5-6-10-16(14)26(29)30/h2-10,17H,11-12H2,1H3,(H,22,27)(H,23,28). The van der Waals surface area contributed by atoms with Gasteiger partial charge in [-0.05, 0) is 11.6 Å². The first kappa shape index (κ1) is 20.2. The van der Waals surface area contributed by atoms with Crippen LogP contribution in [0.1, 0.15) is 18.2 Å². The zero-order valence-electron chi connectivity index (χ0n) is 16.6. The summed E-state index contributed by atoms with van der Waals surface area (Å²) in [5, 5.41) is 21.0. The number of hydrogen-bond donors (Lipinski definition) is 2. The molecule has 10 nitrogen and oxygen atoms in total. The van der Waals surface area contributed by atoms with Gasteiger partial charge in [0.25, 0.3) is 11.6 Å². The van der Waals surface area contributed by atoms with Crippen molar-refractivity contribution >= 4 is 29.0 Å². The number of nitrogens with zero attached hydrogens (tertiary/aromatic N) is 3. The second-order valence-electron chi connectivity index (χ2n) is 6.95. The molecule has 10 heteroatoms. The Morgan fingerprint density at radius 1 is 1.23 bits per heavy atom. The van der Waals surface area contributed by atoms with Crippen molar-refractivity contribution in [3.05, 3.63) is 70.4 Å². The van der Waals surface area contributed by atoms with Crippen LogP contribution in [0.15, 0.2) is 54.6 Å². The van der Waals surface area contributed by atoms with Crippen LogP contribution in [-0.2, 0) is 20.9 Å². The number of benzene rings is 2. The van der Waals surface area contributed by atoms with E-state index in [-0.39, 0.29) is 30.3 Å². The van der Waals surface area contributed by atoms with Crippen molar-refractivity contribution in [2.45, 2.75) is 19.1 Å². The average Bonchev–Trinajstić information content (AvgIpc) is 3.24. The fourth-order valence-corrected chi connectivity index (χ4v) is 3.58. The summed E-state index contributed by atoms with van der Waals surface area (Å²) < 4.78 is 6.74. The summed E-state index contributed by atoms with van der Waals surface area (Å²) in [6, 6.07) is 14.4. The number of nitrogens with one attached hydrogen (secondary N) is 2. The Hall–Kier alpha value is -4.05. The lowest BCUT2D eigenvalue weighted by atomic mass is 10.1. The van der Waals surface area contributed by atoms with Gasteiger partial charge in [-0.3, -0.25) is 19.7 Å². The van der Waals surface area contributed by atoms with E-state index in [9.17, 15) is 19.7 Å². The highest BCUT2D eigenvalue weighted by Crippen LogP contribution is 2.39. The number of nitro benzene ring substituents is 1. The van der Waals surface area contributed by atoms with Crippen molar-refractivity contribution in [1.82, 2.24) is 9.78 Å². The predicted molar refractivity (Wildman–Crippen MR) is 112 cm³/mol. The van der Waals surface area contributed by atoms with E-state index in [1.165, 1.54) is 22.9 Å². The molecule has 0 fully saturated rings. The lowest BCUT2D eigenvalue weighted by molar-refractivity contribution is -0.383.